The Morgan fingerprint density at radius 2 is 1.45 bits per heavy atom. The van der Waals surface area contributed by atoms with Gasteiger partial charge in [-0.1, -0.05) is 30.3 Å². The Bertz CT molecular complexity index is 2270. The van der Waals surface area contributed by atoms with Crippen LogP contribution in [0.4, 0.5) is 11.6 Å². The second kappa shape index (κ2) is 15.0. The second-order valence-corrected chi connectivity index (χ2v) is 17.2. The summed E-state index contributed by atoms with van der Waals surface area (Å²) < 4.78 is 83.2. The van der Waals surface area contributed by atoms with E-state index in [1.54, 1.807) is 30.3 Å². The highest BCUT2D eigenvalue weighted by Gasteiger charge is 2.55. The standard InChI is InChI=1S/C27H33N10O16P3/c28-21-15-23(32-8-30-21)36(10-34-15)25-18(39)17(38)13(48-25)6-46-54(40,41)52-56(44,45)53-55(42,43)47-7-14-19-20(51-27(50-19)12-4-2-1-3-5-12)26(49-14)37-11-35-16-22(29)31-9-33-24(16)37/h1-5,8-11,13-14,17-21,25-27,38-39H,6-7,28H2,(H,30,32)(H,40,41)(H,42,43)(H,44,45)(H2,29,31,33)/t13?,14-,17-,18-,19-,20-,21?,25-,26-,27?/m1/s1. The molecule has 29 heteroatoms. The minimum atomic E-state index is -5.92. The topological polar surface area (TPSA) is 364 Å². The Hall–Kier alpha value is -3.62. The summed E-state index contributed by atoms with van der Waals surface area (Å²) in [5, 5.41) is 24.0. The zero-order valence-electron chi connectivity index (χ0n) is 28.2. The molecule has 3 saturated heterocycles. The SMILES string of the molecule is Nc1ncnc2c1ncn2[C@@H]1O[C@H](COP(=O)(O)OP(=O)(O)OP(=O)(O)OCC2O[C@@H](n3cnc4c3NC=NC4N)[C@H](O)[C@@H]2O)[C@H]2OC(c3ccccc3)O[C@H]21. The van der Waals surface area contributed by atoms with E-state index in [1.165, 1.54) is 34.5 Å². The maximum atomic E-state index is 12.9. The zero-order valence-corrected chi connectivity index (χ0v) is 30.9. The van der Waals surface area contributed by atoms with Gasteiger partial charge < -0.3 is 60.6 Å². The molecule has 6 unspecified atom stereocenters. The first-order chi connectivity index (χ1) is 26.6. The van der Waals surface area contributed by atoms with Crippen molar-refractivity contribution in [3.8, 4) is 0 Å². The van der Waals surface area contributed by atoms with E-state index in [1.807, 2.05) is 0 Å². The lowest BCUT2D eigenvalue weighted by Crippen LogP contribution is -2.33. The smallest absolute Gasteiger partial charge is 0.387 e. The Morgan fingerprint density at radius 1 is 0.786 bits per heavy atom. The Balaban J connectivity index is 0.895. The summed E-state index contributed by atoms with van der Waals surface area (Å²) >= 11 is 0. The number of hydrogen-bond donors (Lipinski definition) is 8. The van der Waals surface area contributed by atoms with Gasteiger partial charge >= 0.3 is 23.5 Å². The summed E-state index contributed by atoms with van der Waals surface area (Å²) in [5.41, 5.74) is 13.3. The fraction of sp³-hybridized carbons (Fsp3) is 0.444. The number of aliphatic imine (C=N–C) groups is 1. The minimum Gasteiger partial charge on any atom is -0.387 e. The van der Waals surface area contributed by atoms with Gasteiger partial charge in [0.25, 0.3) is 0 Å². The maximum absolute atomic E-state index is 12.9. The number of imidazole rings is 2. The number of nitrogens with two attached hydrogens (primary N) is 2. The van der Waals surface area contributed by atoms with Crippen LogP contribution >= 0.6 is 23.5 Å². The number of aliphatic hydroxyl groups is 2. The van der Waals surface area contributed by atoms with Crippen molar-refractivity contribution in [2.75, 3.05) is 24.3 Å². The zero-order chi connectivity index (χ0) is 39.6. The molecule has 13 atom stereocenters. The summed E-state index contributed by atoms with van der Waals surface area (Å²) in [5.74, 6) is 0.392. The molecule has 302 valence electrons. The monoisotopic (exact) mass is 846 g/mol. The van der Waals surface area contributed by atoms with Gasteiger partial charge in [0.05, 0.1) is 32.2 Å². The number of fused-ring (bicyclic) bond motifs is 3. The normalized spacial score (nSPS) is 33.0. The molecule has 0 saturated carbocycles. The van der Waals surface area contributed by atoms with E-state index in [2.05, 4.69) is 38.9 Å². The lowest BCUT2D eigenvalue weighted by molar-refractivity contribution is -0.152. The van der Waals surface area contributed by atoms with Crippen LogP contribution in [0.15, 0.2) is 54.3 Å². The van der Waals surface area contributed by atoms with E-state index in [4.69, 9.17) is 39.5 Å². The van der Waals surface area contributed by atoms with Crippen LogP contribution in [0.25, 0.3) is 11.2 Å². The first kappa shape index (κ1) is 39.2. The first-order valence-electron chi connectivity index (χ1n) is 16.4. The first-order valence-corrected chi connectivity index (χ1v) is 20.8. The molecule has 4 aliphatic rings. The number of nitrogen functional groups attached to an aromatic ring is 1. The molecule has 8 rings (SSSR count). The van der Waals surface area contributed by atoms with E-state index in [0.717, 1.165) is 0 Å². The molecule has 3 fully saturated rings. The Morgan fingerprint density at radius 3 is 2.18 bits per heavy atom. The van der Waals surface area contributed by atoms with Crippen LogP contribution in [-0.2, 0) is 50.3 Å². The van der Waals surface area contributed by atoms with E-state index in [-0.39, 0.29) is 17.0 Å². The number of nitrogens with zero attached hydrogens (tertiary/aromatic N) is 7. The predicted molar refractivity (Wildman–Crippen MR) is 183 cm³/mol. The molecule has 1 aromatic carbocycles. The average molecular weight is 847 g/mol. The van der Waals surface area contributed by atoms with Crippen molar-refractivity contribution in [3.05, 3.63) is 60.6 Å². The van der Waals surface area contributed by atoms with Crippen LogP contribution in [0.2, 0.25) is 0 Å². The largest absolute Gasteiger partial charge is 0.490 e. The van der Waals surface area contributed by atoms with Crippen molar-refractivity contribution in [2.45, 2.75) is 61.5 Å². The molecule has 26 nitrogen and oxygen atoms in total. The third kappa shape index (κ3) is 7.69. The molecule has 7 heterocycles. The fourth-order valence-electron chi connectivity index (χ4n) is 6.45. The molecule has 56 heavy (non-hydrogen) atoms. The molecule has 10 N–H and O–H groups in total. The summed E-state index contributed by atoms with van der Waals surface area (Å²) in [6, 6.07) is 8.84. The molecule has 3 aromatic heterocycles. The van der Waals surface area contributed by atoms with Crippen molar-refractivity contribution >= 4 is 52.6 Å². The predicted octanol–water partition coefficient (Wildman–Crippen LogP) is 0.0833. The molecule has 0 radical (unpaired) electrons. The van der Waals surface area contributed by atoms with Crippen molar-refractivity contribution in [2.24, 2.45) is 10.7 Å². The highest BCUT2D eigenvalue weighted by atomic mass is 31.3. The number of phosphoric ester groups is 2. The van der Waals surface area contributed by atoms with Gasteiger partial charge in [0.1, 0.15) is 66.1 Å². The number of phosphoric acid groups is 3. The number of aromatic nitrogens is 6. The fourth-order valence-corrected chi connectivity index (χ4v) is 9.98. The van der Waals surface area contributed by atoms with Gasteiger partial charge in [-0.2, -0.15) is 8.62 Å². The number of hydrogen-bond acceptors (Lipinski definition) is 21. The van der Waals surface area contributed by atoms with Crippen LogP contribution in [0.5, 0.6) is 0 Å². The van der Waals surface area contributed by atoms with Crippen LogP contribution in [0, 0.1) is 0 Å². The molecule has 4 aromatic rings. The lowest BCUT2D eigenvalue weighted by atomic mass is 10.1. The molecule has 0 bridgehead atoms. The third-order valence-corrected chi connectivity index (χ3v) is 13.2. The molecule has 0 aliphatic carbocycles. The summed E-state index contributed by atoms with van der Waals surface area (Å²) in [6.45, 7) is -1.79. The highest BCUT2D eigenvalue weighted by molar-refractivity contribution is 7.66. The van der Waals surface area contributed by atoms with Gasteiger partial charge in [0.2, 0.25) is 0 Å². The second-order valence-electron chi connectivity index (χ2n) is 12.6. The van der Waals surface area contributed by atoms with Crippen molar-refractivity contribution in [1.29, 1.82) is 0 Å². The van der Waals surface area contributed by atoms with Gasteiger partial charge in [0.15, 0.2) is 30.2 Å². The van der Waals surface area contributed by atoms with Gasteiger partial charge in [-0.15, -0.1) is 0 Å². The van der Waals surface area contributed by atoms with E-state index in [0.29, 0.717) is 17.1 Å². The number of benzene rings is 1. The van der Waals surface area contributed by atoms with Crippen LogP contribution in [0.3, 0.4) is 0 Å². The molecule has 0 spiro atoms. The molecule has 0 amide bonds. The summed E-state index contributed by atoms with van der Waals surface area (Å²) in [7, 11) is -17.1. The molecule has 4 aliphatic heterocycles. The summed E-state index contributed by atoms with van der Waals surface area (Å²) in [6.07, 6.45) is -6.71. The van der Waals surface area contributed by atoms with Crippen molar-refractivity contribution in [1.82, 2.24) is 29.1 Å². The van der Waals surface area contributed by atoms with Crippen LogP contribution < -0.4 is 16.8 Å². The minimum absolute atomic E-state index is 0.0983. The van der Waals surface area contributed by atoms with Gasteiger partial charge in [0, 0.05) is 5.56 Å². The van der Waals surface area contributed by atoms with Crippen molar-refractivity contribution in [3.63, 3.8) is 0 Å². The number of ether oxygens (including phenoxy) is 4. The average Bonchev–Trinajstić information content (AvgIpc) is 3.96. The quantitative estimate of drug-likeness (QED) is 0.0826. The molecular formula is C27H33N10O16P3. The van der Waals surface area contributed by atoms with Gasteiger partial charge in [-0.3, -0.25) is 23.2 Å². The van der Waals surface area contributed by atoms with E-state index < -0.39 is 98.2 Å². The van der Waals surface area contributed by atoms with Crippen molar-refractivity contribution < 1.29 is 75.2 Å². The van der Waals surface area contributed by atoms with Crippen LogP contribution in [-0.4, -0.2) is 110 Å². The summed E-state index contributed by atoms with van der Waals surface area (Å²) in [4.78, 5) is 51.2. The molecular weight excluding hydrogens is 813 g/mol. The lowest BCUT2D eigenvalue weighted by Gasteiger charge is -2.23. The Kier molecular flexibility index (Phi) is 10.5. The maximum Gasteiger partial charge on any atom is 0.490 e. The van der Waals surface area contributed by atoms with E-state index in [9.17, 15) is 38.6 Å². The highest BCUT2D eigenvalue weighted by Crippen LogP contribution is 2.68. The Labute approximate surface area is 313 Å². The number of nitrogens with one attached hydrogen (secondary N) is 1. The van der Waals surface area contributed by atoms with Crippen LogP contribution in [0.1, 0.15) is 36.2 Å². The van der Waals surface area contributed by atoms with Gasteiger partial charge in [-0.05, 0) is 0 Å². The number of rotatable bonds is 13. The number of anilines is 2. The number of aliphatic hydroxyl groups excluding tert-OH is 2. The third-order valence-electron chi connectivity index (χ3n) is 8.95. The van der Waals surface area contributed by atoms with Gasteiger partial charge in [-0.25, -0.2) is 33.6 Å². The van der Waals surface area contributed by atoms with E-state index >= 15 is 0 Å².